The number of amides is 1. The summed E-state index contributed by atoms with van der Waals surface area (Å²) in [5.41, 5.74) is 0.943. The molecule has 2 aromatic rings. The maximum Gasteiger partial charge on any atom is 0.234 e. The van der Waals surface area contributed by atoms with E-state index >= 15 is 0 Å². The van der Waals surface area contributed by atoms with Crippen LogP contribution in [0.5, 0.6) is 5.75 Å². The molecule has 0 unspecified atom stereocenters. The van der Waals surface area contributed by atoms with E-state index in [1.807, 2.05) is 36.2 Å². The van der Waals surface area contributed by atoms with Crippen molar-refractivity contribution in [3.8, 4) is 17.1 Å². The zero-order valence-corrected chi connectivity index (χ0v) is 13.4. The zero-order valence-electron chi connectivity index (χ0n) is 13.4. The predicted octanol–water partition coefficient (Wildman–Crippen LogP) is 2.06. The highest BCUT2D eigenvalue weighted by Crippen LogP contribution is 2.23. The fourth-order valence-electron chi connectivity index (χ4n) is 2.31. The minimum absolute atomic E-state index is 0.0527. The first-order valence-corrected chi connectivity index (χ1v) is 7.71. The molecule has 0 atom stereocenters. The normalized spacial score (nSPS) is 14.0. The van der Waals surface area contributed by atoms with Crippen LogP contribution in [0.4, 0.5) is 0 Å². The number of aromatic nitrogens is 1. The smallest absolute Gasteiger partial charge is 0.234 e. The summed E-state index contributed by atoms with van der Waals surface area (Å²) in [6.45, 7) is 0.838. The summed E-state index contributed by atoms with van der Waals surface area (Å²) in [5.74, 6) is 2.16. The van der Waals surface area contributed by atoms with E-state index in [0.717, 1.165) is 24.2 Å². The third kappa shape index (κ3) is 4.32. The van der Waals surface area contributed by atoms with Gasteiger partial charge in [-0.05, 0) is 44.2 Å². The van der Waals surface area contributed by atoms with Crippen LogP contribution in [0, 0.1) is 0 Å². The van der Waals surface area contributed by atoms with Crippen molar-refractivity contribution in [1.29, 1.82) is 0 Å². The number of rotatable bonds is 7. The molecule has 1 aliphatic carbocycles. The van der Waals surface area contributed by atoms with Crippen LogP contribution in [-0.2, 0) is 11.3 Å². The molecule has 3 rings (SSSR count). The van der Waals surface area contributed by atoms with Crippen LogP contribution in [0.1, 0.15) is 18.7 Å². The van der Waals surface area contributed by atoms with E-state index in [1.54, 1.807) is 13.3 Å². The van der Waals surface area contributed by atoms with Crippen molar-refractivity contribution in [2.24, 2.45) is 0 Å². The van der Waals surface area contributed by atoms with Gasteiger partial charge in [0.15, 0.2) is 5.76 Å². The Bertz CT molecular complexity index is 662. The van der Waals surface area contributed by atoms with E-state index in [9.17, 15) is 4.79 Å². The molecule has 1 aromatic heterocycles. The number of carbonyl (C=O) groups is 1. The Balaban J connectivity index is 1.56. The second kappa shape index (κ2) is 6.83. The largest absolute Gasteiger partial charge is 0.497 e. The molecule has 0 bridgehead atoms. The maximum absolute atomic E-state index is 11.8. The Kier molecular flexibility index (Phi) is 4.62. The first-order valence-electron chi connectivity index (χ1n) is 7.71. The molecule has 6 nitrogen and oxygen atoms in total. The molecule has 1 aliphatic rings. The molecule has 1 amide bonds. The molecule has 0 radical (unpaired) electrons. The number of ether oxygens (including phenoxy) is 1. The molecular weight excluding hydrogens is 294 g/mol. The molecule has 1 aromatic carbocycles. The van der Waals surface area contributed by atoms with Gasteiger partial charge in [0.2, 0.25) is 11.8 Å². The number of methoxy groups -OCH3 is 1. The van der Waals surface area contributed by atoms with E-state index in [-0.39, 0.29) is 5.91 Å². The van der Waals surface area contributed by atoms with Crippen LogP contribution in [0.2, 0.25) is 0 Å². The molecular formula is C17H21N3O3. The topological polar surface area (TPSA) is 67.6 Å². The lowest BCUT2D eigenvalue weighted by atomic mass is 10.2. The number of likely N-dealkylation sites (N-methyl/N-ethyl adjacent to an activating group) is 1. The highest BCUT2D eigenvalue weighted by Gasteiger charge is 2.23. The van der Waals surface area contributed by atoms with E-state index in [2.05, 4.69) is 10.3 Å². The Morgan fingerprint density at radius 3 is 2.78 bits per heavy atom. The SMILES string of the molecule is COc1ccc(-c2cnc(CN(C)CC(=O)NC3CC3)o2)cc1. The highest BCUT2D eigenvalue weighted by atomic mass is 16.5. The lowest BCUT2D eigenvalue weighted by Crippen LogP contribution is -2.35. The predicted molar refractivity (Wildman–Crippen MR) is 86.0 cm³/mol. The standard InChI is InChI=1S/C17H21N3O3/c1-20(10-16(21)19-13-5-6-13)11-17-18-9-15(23-17)12-3-7-14(22-2)8-4-12/h3-4,7-9,13H,5-6,10-11H2,1-2H3,(H,19,21). The highest BCUT2D eigenvalue weighted by molar-refractivity contribution is 5.78. The summed E-state index contributed by atoms with van der Waals surface area (Å²) in [7, 11) is 3.51. The Morgan fingerprint density at radius 2 is 2.13 bits per heavy atom. The molecule has 0 aliphatic heterocycles. The van der Waals surface area contributed by atoms with Gasteiger partial charge in [0, 0.05) is 11.6 Å². The number of hydrogen-bond donors (Lipinski definition) is 1. The monoisotopic (exact) mass is 315 g/mol. The van der Waals surface area contributed by atoms with Crippen molar-refractivity contribution in [3.05, 3.63) is 36.4 Å². The molecule has 23 heavy (non-hydrogen) atoms. The van der Waals surface area contributed by atoms with Crippen molar-refractivity contribution >= 4 is 5.91 Å². The maximum atomic E-state index is 11.8. The Hall–Kier alpha value is -2.34. The van der Waals surface area contributed by atoms with Crippen LogP contribution in [0.15, 0.2) is 34.9 Å². The molecule has 1 heterocycles. The van der Waals surface area contributed by atoms with Gasteiger partial charge in [0.25, 0.3) is 0 Å². The summed E-state index contributed by atoms with van der Waals surface area (Å²) in [5, 5.41) is 2.97. The molecule has 1 N–H and O–H groups in total. The van der Waals surface area contributed by atoms with Crippen molar-refractivity contribution in [2.45, 2.75) is 25.4 Å². The first-order chi connectivity index (χ1) is 11.1. The molecule has 6 heteroatoms. The van der Waals surface area contributed by atoms with Gasteiger partial charge in [-0.2, -0.15) is 0 Å². The molecule has 1 saturated carbocycles. The number of carbonyl (C=O) groups excluding carboxylic acids is 1. The minimum Gasteiger partial charge on any atom is -0.497 e. The van der Waals surface area contributed by atoms with Gasteiger partial charge in [0.1, 0.15) is 5.75 Å². The van der Waals surface area contributed by atoms with E-state index in [0.29, 0.717) is 30.8 Å². The summed E-state index contributed by atoms with van der Waals surface area (Å²) in [6.07, 6.45) is 3.90. The number of hydrogen-bond acceptors (Lipinski definition) is 5. The third-order valence-corrected chi connectivity index (χ3v) is 3.69. The molecule has 122 valence electrons. The van der Waals surface area contributed by atoms with E-state index in [4.69, 9.17) is 9.15 Å². The lowest BCUT2D eigenvalue weighted by Gasteiger charge is -2.13. The summed E-state index contributed by atoms with van der Waals surface area (Å²) >= 11 is 0. The van der Waals surface area contributed by atoms with Crippen LogP contribution < -0.4 is 10.1 Å². The van der Waals surface area contributed by atoms with E-state index < -0.39 is 0 Å². The quantitative estimate of drug-likeness (QED) is 0.847. The van der Waals surface area contributed by atoms with Gasteiger partial charge in [-0.3, -0.25) is 9.69 Å². The van der Waals surface area contributed by atoms with Gasteiger partial charge in [-0.25, -0.2) is 4.98 Å². The summed E-state index contributed by atoms with van der Waals surface area (Å²) in [6, 6.07) is 8.00. The summed E-state index contributed by atoms with van der Waals surface area (Å²) in [4.78, 5) is 17.9. The molecule has 0 spiro atoms. The van der Waals surface area contributed by atoms with Gasteiger partial charge in [-0.1, -0.05) is 0 Å². The van der Waals surface area contributed by atoms with Crippen LogP contribution >= 0.6 is 0 Å². The average Bonchev–Trinajstić information content (AvgIpc) is 3.22. The number of oxazole rings is 1. The van der Waals surface area contributed by atoms with Gasteiger partial charge in [0.05, 0.1) is 26.4 Å². The van der Waals surface area contributed by atoms with Gasteiger partial charge < -0.3 is 14.5 Å². The Morgan fingerprint density at radius 1 is 1.39 bits per heavy atom. The summed E-state index contributed by atoms with van der Waals surface area (Å²) < 4.78 is 10.9. The van der Waals surface area contributed by atoms with Crippen molar-refractivity contribution in [1.82, 2.24) is 15.2 Å². The number of nitrogens with one attached hydrogen (secondary N) is 1. The van der Waals surface area contributed by atoms with Crippen molar-refractivity contribution in [2.75, 3.05) is 20.7 Å². The van der Waals surface area contributed by atoms with Gasteiger partial charge >= 0.3 is 0 Å². The zero-order chi connectivity index (χ0) is 16.2. The number of benzene rings is 1. The second-order valence-electron chi connectivity index (χ2n) is 5.86. The fourth-order valence-corrected chi connectivity index (χ4v) is 2.31. The Labute approximate surface area is 135 Å². The van der Waals surface area contributed by atoms with E-state index in [1.165, 1.54) is 0 Å². The van der Waals surface area contributed by atoms with Crippen LogP contribution in [-0.4, -0.2) is 42.5 Å². The van der Waals surface area contributed by atoms with Crippen LogP contribution in [0.25, 0.3) is 11.3 Å². The van der Waals surface area contributed by atoms with Crippen LogP contribution in [0.3, 0.4) is 0 Å². The van der Waals surface area contributed by atoms with Gasteiger partial charge in [-0.15, -0.1) is 0 Å². The molecule has 0 saturated heterocycles. The average molecular weight is 315 g/mol. The minimum atomic E-state index is 0.0527. The fraction of sp³-hybridized carbons (Fsp3) is 0.412. The first kappa shape index (κ1) is 15.6. The third-order valence-electron chi connectivity index (χ3n) is 3.69. The van der Waals surface area contributed by atoms with Crippen molar-refractivity contribution in [3.63, 3.8) is 0 Å². The number of nitrogens with zero attached hydrogens (tertiary/aromatic N) is 2. The molecule has 1 fully saturated rings. The van der Waals surface area contributed by atoms with Crippen molar-refractivity contribution < 1.29 is 13.9 Å². The lowest BCUT2D eigenvalue weighted by molar-refractivity contribution is -0.122. The second-order valence-corrected chi connectivity index (χ2v) is 5.86.